The molecule has 2 saturated heterocycles. The first kappa shape index (κ1) is 25.4. The maximum Gasteiger partial charge on any atom is 0.243 e. The molecule has 3 rings (SSSR count). The third-order valence-electron chi connectivity index (χ3n) is 5.87. The number of ether oxygens (including phenoxy) is 3. The standard InChI is InChI=1S/C21H34N2O7S2/c1-18-16-20(4-5-21(18)30-14-13-28-2)32(26,27)23(19-6-15-31(24,25)17-19)8-3-7-22-9-11-29-12-10-22/h4-5,16,19H,3,6-15,17H2,1-2H3. The molecule has 1 atom stereocenters. The molecule has 0 spiro atoms. The van der Waals surface area contributed by atoms with E-state index in [1.807, 2.05) is 0 Å². The number of hydrogen-bond donors (Lipinski definition) is 0. The zero-order valence-corrected chi connectivity index (χ0v) is 20.5. The topological polar surface area (TPSA) is 102 Å². The summed E-state index contributed by atoms with van der Waals surface area (Å²) >= 11 is 0. The lowest BCUT2D eigenvalue weighted by Gasteiger charge is -2.30. The fourth-order valence-corrected chi connectivity index (χ4v) is 7.69. The first-order valence-corrected chi connectivity index (χ1v) is 14.2. The molecule has 0 aromatic heterocycles. The maximum atomic E-state index is 13.6. The summed E-state index contributed by atoms with van der Waals surface area (Å²) in [5.74, 6) is 0.503. The minimum Gasteiger partial charge on any atom is -0.491 e. The van der Waals surface area contributed by atoms with E-state index >= 15 is 0 Å². The second-order valence-electron chi connectivity index (χ2n) is 8.25. The van der Waals surface area contributed by atoms with Crippen LogP contribution in [-0.2, 0) is 29.3 Å². The Morgan fingerprint density at radius 3 is 2.59 bits per heavy atom. The van der Waals surface area contributed by atoms with Crippen LogP contribution in [0.5, 0.6) is 5.75 Å². The molecule has 0 bridgehead atoms. The summed E-state index contributed by atoms with van der Waals surface area (Å²) in [4.78, 5) is 2.40. The van der Waals surface area contributed by atoms with Crippen LogP contribution in [0.15, 0.2) is 23.1 Å². The summed E-state index contributed by atoms with van der Waals surface area (Å²) in [6, 6.07) is 4.24. The van der Waals surface area contributed by atoms with Crippen molar-refractivity contribution in [1.29, 1.82) is 0 Å². The van der Waals surface area contributed by atoms with Crippen LogP contribution in [0, 0.1) is 6.92 Å². The van der Waals surface area contributed by atoms with Crippen molar-refractivity contribution in [2.45, 2.75) is 30.7 Å². The fraction of sp³-hybridized carbons (Fsp3) is 0.714. The zero-order chi connectivity index (χ0) is 23.2. The molecule has 2 fully saturated rings. The van der Waals surface area contributed by atoms with E-state index in [0.717, 1.165) is 19.6 Å². The van der Waals surface area contributed by atoms with Gasteiger partial charge in [0.25, 0.3) is 0 Å². The number of benzene rings is 1. The molecule has 2 aliphatic rings. The average molecular weight is 491 g/mol. The molecule has 0 N–H and O–H groups in total. The van der Waals surface area contributed by atoms with E-state index < -0.39 is 25.9 Å². The van der Waals surface area contributed by atoms with Crippen LogP contribution < -0.4 is 4.74 Å². The molecule has 11 heteroatoms. The van der Waals surface area contributed by atoms with Crippen molar-refractivity contribution in [1.82, 2.24) is 9.21 Å². The van der Waals surface area contributed by atoms with E-state index in [4.69, 9.17) is 14.2 Å². The van der Waals surface area contributed by atoms with Gasteiger partial charge in [0, 0.05) is 32.8 Å². The van der Waals surface area contributed by atoms with Crippen molar-refractivity contribution < 1.29 is 31.0 Å². The fourth-order valence-electron chi connectivity index (χ4n) is 4.09. The Morgan fingerprint density at radius 2 is 1.97 bits per heavy atom. The SMILES string of the molecule is COCCOc1ccc(S(=O)(=O)N(CCCN2CCOCC2)C2CCS(=O)(=O)C2)cc1C. The molecule has 1 unspecified atom stereocenters. The zero-order valence-electron chi connectivity index (χ0n) is 18.9. The molecule has 0 radical (unpaired) electrons. The Bertz CT molecular complexity index is 960. The number of aryl methyl sites for hydroxylation is 1. The Labute approximate surface area is 191 Å². The molecule has 9 nitrogen and oxygen atoms in total. The summed E-state index contributed by atoms with van der Waals surface area (Å²) in [5, 5.41) is 0. The Hall–Kier alpha value is -1.24. The van der Waals surface area contributed by atoms with Crippen molar-refractivity contribution in [3.63, 3.8) is 0 Å². The van der Waals surface area contributed by atoms with Crippen LogP contribution in [0.1, 0.15) is 18.4 Å². The molecule has 0 amide bonds. The van der Waals surface area contributed by atoms with Gasteiger partial charge in [-0.25, -0.2) is 16.8 Å². The molecule has 2 heterocycles. The normalized spacial score (nSPS) is 21.8. The van der Waals surface area contributed by atoms with Crippen molar-refractivity contribution in [3.8, 4) is 5.75 Å². The Balaban J connectivity index is 1.76. The van der Waals surface area contributed by atoms with Crippen LogP contribution in [0.25, 0.3) is 0 Å². The van der Waals surface area contributed by atoms with E-state index in [-0.39, 0.29) is 22.9 Å². The molecule has 1 aromatic rings. The first-order chi connectivity index (χ1) is 15.2. The molecule has 0 aliphatic carbocycles. The van der Waals surface area contributed by atoms with E-state index in [9.17, 15) is 16.8 Å². The van der Waals surface area contributed by atoms with Gasteiger partial charge in [-0.15, -0.1) is 0 Å². The maximum absolute atomic E-state index is 13.6. The van der Waals surface area contributed by atoms with Gasteiger partial charge in [-0.1, -0.05) is 0 Å². The molecule has 1 aromatic carbocycles. The largest absolute Gasteiger partial charge is 0.491 e. The highest BCUT2D eigenvalue weighted by atomic mass is 32.2. The van der Waals surface area contributed by atoms with Crippen molar-refractivity contribution >= 4 is 19.9 Å². The van der Waals surface area contributed by atoms with E-state index in [1.165, 1.54) is 10.4 Å². The molecule has 0 saturated carbocycles. The van der Waals surface area contributed by atoms with Gasteiger partial charge in [-0.05, 0) is 50.1 Å². The lowest BCUT2D eigenvalue weighted by Crippen LogP contribution is -2.43. The van der Waals surface area contributed by atoms with Crippen molar-refractivity contribution in [2.24, 2.45) is 0 Å². The summed E-state index contributed by atoms with van der Waals surface area (Å²) in [7, 11) is -5.49. The lowest BCUT2D eigenvalue weighted by atomic mass is 10.2. The van der Waals surface area contributed by atoms with Crippen LogP contribution in [0.4, 0.5) is 0 Å². The summed E-state index contributed by atoms with van der Waals surface area (Å²) in [6.45, 7) is 6.66. The number of sulfone groups is 1. The van der Waals surface area contributed by atoms with Crippen molar-refractivity contribution in [3.05, 3.63) is 23.8 Å². The predicted octanol–water partition coefficient (Wildman–Crippen LogP) is 0.920. The smallest absolute Gasteiger partial charge is 0.243 e. The number of rotatable bonds is 11. The molecular weight excluding hydrogens is 456 g/mol. The number of sulfonamides is 1. The van der Waals surface area contributed by atoms with Gasteiger partial charge < -0.3 is 14.2 Å². The van der Waals surface area contributed by atoms with E-state index in [0.29, 0.717) is 50.6 Å². The first-order valence-electron chi connectivity index (χ1n) is 11.0. The van der Waals surface area contributed by atoms with E-state index in [2.05, 4.69) is 4.90 Å². The third kappa shape index (κ3) is 6.64. The summed E-state index contributed by atoms with van der Waals surface area (Å²) < 4.78 is 68.7. The highest BCUT2D eigenvalue weighted by molar-refractivity contribution is 7.92. The molecule has 32 heavy (non-hydrogen) atoms. The number of nitrogens with zero attached hydrogens (tertiary/aromatic N) is 2. The summed E-state index contributed by atoms with van der Waals surface area (Å²) in [6.07, 6.45) is 0.962. The van der Waals surface area contributed by atoms with Gasteiger partial charge in [0.15, 0.2) is 9.84 Å². The van der Waals surface area contributed by atoms with Gasteiger partial charge in [-0.2, -0.15) is 4.31 Å². The monoisotopic (exact) mass is 490 g/mol. The average Bonchev–Trinajstić information content (AvgIpc) is 3.12. The van der Waals surface area contributed by atoms with Crippen LogP contribution in [-0.4, -0.2) is 103 Å². The lowest BCUT2D eigenvalue weighted by molar-refractivity contribution is 0.0367. The molecule has 182 valence electrons. The van der Waals surface area contributed by atoms with Gasteiger partial charge in [0.05, 0.1) is 36.2 Å². The van der Waals surface area contributed by atoms with Crippen LogP contribution in [0.2, 0.25) is 0 Å². The minimum atomic E-state index is -3.86. The van der Waals surface area contributed by atoms with Gasteiger partial charge >= 0.3 is 0 Å². The second-order valence-corrected chi connectivity index (χ2v) is 12.4. The van der Waals surface area contributed by atoms with Crippen LogP contribution >= 0.6 is 0 Å². The molecular formula is C21H34N2O7S2. The predicted molar refractivity (Wildman–Crippen MR) is 121 cm³/mol. The van der Waals surface area contributed by atoms with Crippen LogP contribution in [0.3, 0.4) is 0 Å². The quantitative estimate of drug-likeness (QED) is 0.422. The van der Waals surface area contributed by atoms with Gasteiger partial charge in [0.1, 0.15) is 12.4 Å². The highest BCUT2D eigenvalue weighted by Crippen LogP contribution is 2.28. The van der Waals surface area contributed by atoms with Gasteiger partial charge in [0.2, 0.25) is 10.0 Å². The minimum absolute atomic E-state index is 0.0262. The Morgan fingerprint density at radius 1 is 1.22 bits per heavy atom. The molecule has 2 aliphatic heterocycles. The summed E-state index contributed by atoms with van der Waals surface area (Å²) in [5.41, 5.74) is 0.703. The Kier molecular flexibility index (Phi) is 8.93. The number of methoxy groups -OCH3 is 1. The number of hydrogen-bond acceptors (Lipinski definition) is 8. The number of morpholine rings is 1. The third-order valence-corrected chi connectivity index (χ3v) is 9.57. The van der Waals surface area contributed by atoms with Crippen molar-refractivity contribution in [2.75, 3.05) is 71.2 Å². The van der Waals surface area contributed by atoms with Gasteiger partial charge in [-0.3, -0.25) is 4.90 Å². The highest BCUT2D eigenvalue weighted by Gasteiger charge is 2.38. The van der Waals surface area contributed by atoms with E-state index in [1.54, 1.807) is 26.2 Å². The second kappa shape index (κ2) is 11.3.